The smallest absolute Gasteiger partial charge is 0.323 e. The van der Waals surface area contributed by atoms with Crippen LogP contribution in [0.15, 0.2) is 66.7 Å². The van der Waals surface area contributed by atoms with E-state index in [0.717, 1.165) is 43.6 Å². The van der Waals surface area contributed by atoms with Gasteiger partial charge in [0.1, 0.15) is 0 Å². The van der Waals surface area contributed by atoms with E-state index in [-0.39, 0.29) is 5.91 Å². The number of carbonyl (C=O) groups is 2. The Morgan fingerprint density at radius 2 is 1.61 bits per heavy atom. The summed E-state index contributed by atoms with van der Waals surface area (Å²) in [5.41, 5.74) is 3.40. The summed E-state index contributed by atoms with van der Waals surface area (Å²) >= 11 is 12.3. The number of carbonyl (C=O) groups excluding carboxylic acids is 2. The molecule has 8 heteroatoms. The molecular weight excluding hydrogens is 495 g/mol. The third-order valence-corrected chi connectivity index (χ3v) is 7.00. The minimum absolute atomic E-state index is 0.169. The summed E-state index contributed by atoms with van der Waals surface area (Å²) in [6, 6.07) is 20.0. The fraction of sp³-hybridized carbons (Fsp3) is 0.286. The largest absolute Gasteiger partial charge is 0.371 e. The molecule has 0 bridgehead atoms. The Kier molecular flexibility index (Phi) is 8.73. The highest BCUT2D eigenvalue weighted by Crippen LogP contribution is 2.31. The quantitative estimate of drug-likeness (QED) is 0.316. The fourth-order valence-electron chi connectivity index (χ4n) is 4.27. The van der Waals surface area contributed by atoms with Crippen molar-refractivity contribution in [2.45, 2.75) is 26.2 Å². The van der Waals surface area contributed by atoms with E-state index in [4.69, 9.17) is 23.2 Å². The maximum atomic E-state index is 13.3. The number of piperidine rings is 1. The molecule has 6 nitrogen and oxygen atoms in total. The van der Waals surface area contributed by atoms with Crippen molar-refractivity contribution in [1.82, 2.24) is 5.32 Å². The first-order chi connectivity index (χ1) is 17.4. The minimum atomic E-state index is -0.500. The summed E-state index contributed by atoms with van der Waals surface area (Å²) in [6.07, 6.45) is 2.90. The number of para-hydroxylation sites is 1. The predicted molar refractivity (Wildman–Crippen MR) is 149 cm³/mol. The van der Waals surface area contributed by atoms with Gasteiger partial charge >= 0.3 is 6.03 Å². The van der Waals surface area contributed by atoms with Crippen molar-refractivity contribution < 1.29 is 9.59 Å². The molecule has 3 N–H and O–H groups in total. The molecule has 0 spiro atoms. The van der Waals surface area contributed by atoms with Crippen molar-refractivity contribution in [2.24, 2.45) is 5.92 Å². The summed E-state index contributed by atoms with van der Waals surface area (Å²) in [6.45, 7) is 4.56. The molecule has 1 fully saturated rings. The number of halogens is 2. The number of hydrogen-bond donors (Lipinski definition) is 3. The normalized spacial score (nSPS) is 13.8. The van der Waals surface area contributed by atoms with Gasteiger partial charge in [0.2, 0.25) is 0 Å². The van der Waals surface area contributed by atoms with Gasteiger partial charge in [-0.15, -0.1) is 0 Å². The van der Waals surface area contributed by atoms with Crippen molar-refractivity contribution in [1.29, 1.82) is 0 Å². The van der Waals surface area contributed by atoms with Gasteiger partial charge in [0.15, 0.2) is 0 Å². The Balaban J connectivity index is 1.50. The molecule has 0 atom stereocenters. The van der Waals surface area contributed by atoms with Crippen LogP contribution in [0.1, 0.15) is 35.7 Å². The lowest BCUT2D eigenvalue weighted by atomic mass is 9.97. The molecule has 3 aromatic carbocycles. The van der Waals surface area contributed by atoms with E-state index >= 15 is 0 Å². The highest BCUT2D eigenvalue weighted by molar-refractivity contribution is 6.39. The summed E-state index contributed by atoms with van der Waals surface area (Å²) in [5, 5.41) is 9.20. The minimum Gasteiger partial charge on any atom is -0.371 e. The van der Waals surface area contributed by atoms with Gasteiger partial charge in [-0.2, -0.15) is 0 Å². The first-order valence-electron chi connectivity index (χ1n) is 12.1. The standard InChI is InChI=1S/C28H30Cl2N4O2/c1-19-13-16-34(17-14-19)25-11-10-21(32-28(36)33-26-23(29)8-5-9-24(26)30)18-22(25)27(35)31-15-12-20-6-3-2-4-7-20/h2-11,18-19H,12-17H2,1H3,(H,31,35)(H2,32,33,36). The van der Waals surface area contributed by atoms with Crippen LogP contribution in [0.3, 0.4) is 0 Å². The Morgan fingerprint density at radius 3 is 2.31 bits per heavy atom. The first kappa shape index (κ1) is 25.9. The van der Waals surface area contributed by atoms with Gasteiger partial charge in [-0.1, -0.05) is 66.5 Å². The Bertz CT molecular complexity index is 1190. The Hall–Kier alpha value is -3.22. The van der Waals surface area contributed by atoms with Crippen LogP contribution in [-0.2, 0) is 6.42 Å². The molecule has 0 aromatic heterocycles. The molecule has 4 rings (SSSR count). The topological polar surface area (TPSA) is 73.5 Å². The van der Waals surface area contributed by atoms with Crippen LogP contribution in [0.2, 0.25) is 10.0 Å². The number of nitrogens with zero attached hydrogens (tertiary/aromatic N) is 1. The predicted octanol–water partition coefficient (Wildman–Crippen LogP) is 6.85. The van der Waals surface area contributed by atoms with E-state index in [1.807, 2.05) is 42.5 Å². The first-order valence-corrected chi connectivity index (χ1v) is 12.9. The zero-order chi connectivity index (χ0) is 25.5. The molecule has 0 unspecified atom stereocenters. The maximum absolute atomic E-state index is 13.3. The Morgan fingerprint density at radius 1 is 0.917 bits per heavy atom. The van der Waals surface area contributed by atoms with Gasteiger partial charge in [-0.3, -0.25) is 4.79 Å². The molecule has 36 heavy (non-hydrogen) atoms. The molecule has 188 valence electrons. The van der Waals surface area contributed by atoms with Crippen LogP contribution in [-0.4, -0.2) is 31.6 Å². The highest BCUT2D eigenvalue weighted by atomic mass is 35.5. The molecule has 1 aliphatic rings. The van der Waals surface area contributed by atoms with Crippen LogP contribution in [0.4, 0.5) is 21.9 Å². The molecular formula is C28H30Cl2N4O2. The summed E-state index contributed by atoms with van der Waals surface area (Å²) in [5.74, 6) is 0.503. The van der Waals surface area contributed by atoms with Crippen LogP contribution in [0.25, 0.3) is 0 Å². The summed E-state index contributed by atoms with van der Waals surface area (Å²) in [4.78, 5) is 28.2. The van der Waals surface area contributed by atoms with Gasteiger partial charge in [0.25, 0.3) is 5.91 Å². The van der Waals surface area contributed by atoms with Gasteiger partial charge < -0.3 is 20.9 Å². The zero-order valence-electron chi connectivity index (χ0n) is 20.2. The van der Waals surface area contributed by atoms with Crippen LogP contribution < -0.4 is 20.9 Å². The van der Waals surface area contributed by atoms with E-state index in [1.54, 1.807) is 24.3 Å². The van der Waals surface area contributed by atoms with Crippen LogP contribution in [0, 0.1) is 5.92 Å². The van der Waals surface area contributed by atoms with E-state index in [1.165, 1.54) is 0 Å². The lowest BCUT2D eigenvalue weighted by Gasteiger charge is -2.33. The maximum Gasteiger partial charge on any atom is 0.323 e. The van der Waals surface area contributed by atoms with Crippen LogP contribution >= 0.6 is 23.2 Å². The van der Waals surface area contributed by atoms with Crippen molar-refractivity contribution in [3.05, 3.63) is 87.9 Å². The Labute approximate surface area is 222 Å². The average molecular weight is 525 g/mol. The van der Waals surface area contributed by atoms with E-state index in [0.29, 0.717) is 39.4 Å². The van der Waals surface area contributed by atoms with E-state index < -0.39 is 6.03 Å². The third kappa shape index (κ3) is 6.71. The monoisotopic (exact) mass is 524 g/mol. The van der Waals surface area contributed by atoms with Gasteiger partial charge in [0.05, 0.1) is 21.3 Å². The number of amides is 3. The fourth-order valence-corrected chi connectivity index (χ4v) is 4.77. The molecule has 1 aliphatic heterocycles. The number of nitrogens with one attached hydrogen (secondary N) is 3. The third-order valence-electron chi connectivity index (χ3n) is 6.37. The summed E-state index contributed by atoms with van der Waals surface area (Å²) in [7, 11) is 0. The van der Waals surface area contributed by atoms with Gasteiger partial charge in [-0.25, -0.2) is 4.79 Å². The van der Waals surface area contributed by atoms with Crippen molar-refractivity contribution in [3.63, 3.8) is 0 Å². The zero-order valence-corrected chi connectivity index (χ0v) is 21.7. The number of rotatable bonds is 7. The number of hydrogen-bond acceptors (Lipinski definition) is 3. The van der Waals surface area contributed by atoms with Crippen molar-refractivity contribution in [2.75, 3.05) is 35.2 Å². The summed E-state index contributed by atoms with van der Waals surface area (Å²) < 4.78 is 0. The second kappa shape index (κ2) is 12.2. The lowest BCUT2D eigenvalue weighted by molar-refractivity contribution is 0.0954. The second-order valence-corrected chi connectivity index (χ2v) is 9.88. The molecule has 1 saturated heterocycles. The van der Waals surface area contributed by atoms with Gasteiger partial charge in [0, 0.05) is 31.0 Å². The molecule has 1 heterocycles. The average Bonchev–Trinajstić information content (AvgIpc) is 2.87. The molecule has 0 saturated carbocycles. The van der Waals surface area contributed by atoms with E-state index in [2.05, 4.69) is 27.8 Å². The molecule has 0 aliphatic carbocycles. The highest BCUT2D eigenvalue weighted by Gasteiger charge is 2.22. The van der Waals surface area contributed by atoms with Crippen molar-refractivity contribution in [3.8, 4) is 0 Å². The SMILES string of the molecule is CC1CCN(c2ccc(NC(=O)Nc3c(Cl)cccc3Cl)cc2C(=O)NCCc2ccccc2)CC1. The number of urea groups is 1. The van der Waals surface area contributed by atoms with Gasteiger partial charge in [-0.05, 0) is 61.1 Å². The second-order valence-electron chi connectivity index (χ2n) is 9.07. The van der Waals surface area contributed by atoms with E-state index in [9.17, 15) is 9.59 Å². The number of anilines is 3. The molecule has 0 radical (unpaired) electrons. The number of benzene rings is 3. The van der Waals surface area contributed by atoms with Crippen molar-refractivity contribution >= 4 is 52.2 Å². The lowest BCUT2D eigenvalue weighted by Crippen LogP contribution is -2.35. The van der Waals surface area contributed by atoms with Crippen LogP contribution in [0.5, 0.6) is 0 Å². The molecule has 3 aromatic rings. The molecule has 3 amide bonds.